The van der Waals surface area contributed by atoms with Crippen LogP contribution in [0.15, 0.2) is 52.2 Å². The average Bonchev–Trinajstić information content (AvgIpc) is 2.86. The fourth-order valence-corrected chi connectivity index (χ4v) is 5.39. The third-order valence-corrected chi connectivity index (χ3v) is 7.22. The smallest absolute Gasteiger partial charge is 0.355 e. The number of non-ortho nitro benzene ring substituents is 1. The largest absolute Gasteiger partial charge is 0.456 e. The number of carbonyl (C=O) groups is 3. The molecule has 2 amide bonds. The second-order valence-electron chi connectivity index (χ2n) is 7.33. The number of nitrogens with one attached hydrogen (secondary N) is 2. The zero-order valence-electron chi connectivity index (χ0n) is 17.5. The highest BCUT2D eigenvalue weighted by molar-refractivity contribution is 8.00. The number of ether oxygens (including phenoxy) is 1. The number of hydrogen-bond donors (Lipinski definition) is 3. The van der Waals surface area contributed by atoms with Crippen LogP contribution in [-0.2, 0) is 25.7 Å². The van der Waals surface area contributed by atoms with Crippen molar-refractivity contribution < 1.29 is 29.3 Å². The summed E-state index contributed by atoms with van der Waals surface area (Å²) < 4.78 is 8.30. The summed E-state index contributed by atoms with van der Waals surface area (Å²) in [4.78, 5) is 49.5. The summed E-state index contributed by atoms with van der Waals surface area (Å²) in [5, 5.41) is 26.9. The molecular formula is C20H19N5O7S2. The molecule has 3 aliphatic heterocycles. The van der Waals surface area contributed by atoms with Gasteiger partial charge in [-0.1, -0.05) is 17.1 Å². The average molecular weight is 506 g/mol. The van der Waals surface area contributed by atoms with E-state index in [4.69, 9.17) is 4.74 Å². The Balaban J connectivity index is 1.36. The lowest BCUT2D eigenvalue weighted by Gasteiger charge is -2.48. The molecule has 3 heterocycles. The van der Waals surface area contributed by atoms with Crippen LogP contribution in [0, 0.1) is 10.1 Å². The van der Waals surface area contributed by atoms with Gasteiger partial charge in [0.05, 0.1) is 4.92 Å². The number of nitrogens with zero attached hydrogens (tertiary/aromatic N) is 3. The van der Waals surface area contributed by atoms with Crippen LogP contribution in [0.3, 0.4) is 0 Å². The van der Waals surface area contributed by atoms with Crippen LogP contribution in [0.2, 0.25) is 0 Å². The summed E-state index contributed by atoms with van der Waals surface area (Å²) in [5.41, 5.74) is 0.962. The molecular weight excluding hydrogens is 486 g/mol. The maximum Gasteiger partial charge on any atom is 0.355 e. The lowest BCUT2D eigenvalue weighted by molar-refractivity contribution is -0.384. The molecule has 4 rings (SSSR count). The number of benzene rings is 1. The Kier molecular flexibility index (Phi) is 7.19. The summed E-state index contributed by atoms with van der Waals surface area (Å²) in [6, 6.07) is 4.71. The van der Waals surface area contributed by atoms with Gasteiger partial charge < -0.3 is 15.3 Å². The second kappa shape index (κ2) is 10.3. The first kappa shape index (κ1) is 23.8. The Morgan fingerprint density at radius 2 is 2.12 bits per heavy atom. The first-order valence-electron chi connectivity index (χ1n) is 10.1. The number of carbonyl (C=O) groups excluding carboxylic acids is 3. The van der Waals surface area contributed by atoms with Gasteiger partial charge in [-0.05, 0) is 41.2 Å². The van der Waals surface area contributed by atoms with Crippen molar-refractivity contribution in [3.8, 4) is 0 Å². The second-order valence-corrected chi connectivity index (χ2v) is 9.24. The van der Waals surface area contributed by atoms with E-state index in [2.05, 4.69) is 15.2 Å². The standard InChI is InChI=1S/C20H19N5O7S2/c26-17(15(23-29)12-5-7-21-34-10-12)22-16-18(27)24-14(6-8-33-19(16)24)20(28)32-9-11-1-3-13(4-2-11)25(30)31/h1-4,6,10,16,19,21,29H,5,7-9H2,(H,22,26)/b23-15-/t16?,19-/m1/s1. The fraction of sp³-hybridized carbons (Fsp3) is 0.300. The van der Waals surface area contributed by atoms with Gasteiger partial charge in [-0.2, -0.15) is 0 Å². The van der Waals surface area contributed by atoms with Crippen LogP contribution in [0.1, 0.15) is 12.0 Å². The maximum atomic E-state index is 12.8. The molecule has 0 spiro atoms. The van der Waals surface area contributed by atoms with Gasteiger partial charge in [-0.3, -0.25) is 29.3 Å². The zero-order chi connectivity index (χ0) is 24.2. The maximum absolute atomic E-state index is 12.8. The van der Waals surface area contributed by atoms with E-state index in [-0.39, 0.29) is 23.7 Å². The lowest BCUT2D eigenvalue weighted by atomic mass is 10.0. The first-order valence-corrected chi connectivity index (χ1v) is 12.0. The van der Waals surface area contributed by atoms with Crippen molar-refractivity contribution in [2.75, 3.05) is 12.3 Å². The van der Waals surface area contributed by atoms with E-state index in [9.17, 15) is 29.7 Å². The molecule has 3 aliphatic rings. The molecule has 1 aromatic rings. The highest BCUT2D eigenvalue weighted by atomic mass is 32.2. The number of fused-ring (bicyclic) bond motifs is 1. The van der Waals surface area contributed by atoms with Crippen molar-refractivity contribution in [2.45, 2.75) is 24.4 Å². The van der Waals surface area contributed by atoms with Gasteiger partial charge in [0.25, 0.3) is 17.5 Å². The Morgan fingerprint density at radius 3 is 2.76 bits per heavy atom. The Morgan fingerprint density at radius 1 is 1.35 bits per heavy atom. The summed E-state index contributed by atoms with van der Waals surface area (Å²) in [6.45, 7) is 0.486. The topological polar surface area (TPSA) is 163 Å². The molecule has 0 aromatic heterocycles. The van der Waals surface area contributed by atoms with Gasteiger partial charge in [-0.25, -0.2) is 4.79 Å². The SMILES string of the molecule is O=C(OCc1ccc([N+](=O)[O-])cc1)C1=CCS[C@@H]2C(NC(=O)/C(=N\O)C3=CSNCC3)C(=O)N12. The molecule has 34 heavy (non-hydrogen) atoms. The van der Waals surface area contributed by atoms with Crippen LogP contribution in [0.5, 0.6) is 0 Å². The summed E-state index contributed by atoms with van der Waals surface area (Å²) in [7, 11) is 0. The van der Waals surface area contributed by atoms with Crippen LogP contribution in [-0.4, -0.2) is 62.2 Å². The van der Waals surface area contributed by atoms with E-state index in [1.54, 1.807) is 11.5 Å². The molecule has 0 bridgehead atoms. The number of amides is 2. The number of rotatable bonds is 7. The van der Waals surface area contributed by atoms with Gasteiger partial charge in [0.1, 0.15) is 23.7 Å². The fourth-order valence-electron chi connectivity index (χ4n) is 3.52. The number of thioether (sulfide) groups is 1. The van der Waals surface area contributed by atoms with Gasteiger partial charge in [-0.15, -0.1) is 11.8 Å². The van der Waals surface area contributed by atoms with Crippen molar-refractivity contribution in [1.29, 1.82) is 0 Å². The van der Waals surface area contributed by atoms with Crippen molar-refractivity contribution >= 4 is 52.9 Å². The molecule has 0 radical (unpaired) electrons. The summed E-state index contributed by atoms with van der Waals surface area (Å²) >= 11 is 2.65. The number of nitro benzene ring substituents is 1. The zero-order valence-corrected chi connectivity index (χ0v) is 19.1. The molecule has 1 saturated heterocycles. The molecule has 1 unspecified atom stereocenters. The molecule has 0 saturated carbocycles. The Hall–Kier alpha value is -3.36. The van der Waals surface area contributed by atoms with Crippen molar-refractivity contribution in [2.24, 2.45) is 5.16 Å². The van der Waals surface area contributed by atoms with Crippen molar-refractivity contribution in [3.05, 3.63) is 62.7 Å². The molecule has 14 heteroatoms. The minimum atomic E-state index is -0.879. The molecule has 2 atom stereocenters. The molecule has 3 N–H and O–H groups in total. The number of nitro groups is 1. The highest BCUT2D eigenvalue weighted by Gasteiger charge is 2.53. The van der Waals surface area contributed by atoms with Gasteiger partial charge in [0.15, 0.2) is 5.71 Å². The third kappa shape index (κ3) is 4.78. The molecule has 1 aromatic carbocycles. The van der Waals surface area contributed by atoms with E-state index in [0.717, 1.165) is 0 Å². The van der Waals surface area contributed by atoms with Crippen LogP contribution < -0.4 is 10.0 Å². The highest BCUT2D eigenvalue weighted by Crippen LogP contribution is 2.38. The Labute approximate surface area is 201 Å². The third-order valence-electron chi connectivity index (χ3n) is 5.26. The molecule has 0 aliphatic carbocycles. The predicted octanol–water partition coefficient (Wildman–Crippen LogP) is 1.28. The van der Waals surface area contributed by atoms with Crippen molar-refractivity contribution in [1.82, 2.24) is 14.9 Å². The predicted molar refractivity (Wildman–Crippen MR) is 124 cm³/mol. The lowest BCUT2D eigenvalue weighted by Crippen LogP contribution is -2.70. The van der Waals surface area contributed by atoms with Gasteiger partial charge in [0, 0.05) is 24.4 Å². The van der Waals surface area contributed by atoms with E-state index >= 15 is 0 Å². The number of esters is 1. The first-order chi connectivity index (χ1) is 16.4. The Bertz CT molecular complexity index is 1120. The summed E-state index contributed by atoms with van der Waals surface area (Å²) in [6.07, 6.45) is 2.07. The van der Waals surface area contributed by atoms with E-state index in [1.165, 1.54) is 52.9 Å². The monoisotopic (exact) mass is 505 g/mol. The summed E-state index contributed by atoms with van der Waals surface area (Å²) in [5.74, 6) is -1.44. The molecule has 12 nitrogen and oxygen atoms in total. The quantitative estimate of drug-likeness (QED) is 0.0935. The minimum Gasteiger partial charge on any atom is -0.456 e. The number of oxime groups is 1. The van der Waals surface area contributed by atoms with Crippen LogP contribution in [0.4, 0.5) is 5.69 Å². The van der Waals surface area contributed by atoms with Crippen molar-refractivity contribution in [3.63, 3.8) is 0 Å². The van der Waals surface area contributed by atoms with E-state index in [0.29, 0.717) is 29.9 Å². The van der Waals surface area contributed by atoms with Crippen LogP contribution in [0.25, 0.3) is 0 Å². The number of hydrogen-bond acceptors (Lipinski definition) is 11. The van der Waals surface area contributed by atoms with Crippen LogP contribution >= 0.6 is 23.7 Å². The normalized spacial score (nSPS) is 22.1. The van der Waals surface area contributed by atoms with E-state index < -0.39 is 34.1 Å². The van der Waals surface area contributed by atoms with Gasteiger partial charge >= 0.3 is 5.97 Å². The molecule has 1 fully saturated rings. The molecule has 178 valence electrons. The van der Waals surface area contributed by atoms with Gasteiger partial charge in [0.2, 0.25) is 0 Å². The number of β-lactam (4-membered cyclic amide) rings is 1. The minimum absolute atomic E-state index is 0.0752. The van der Waals surface area contributed by atoms with E-state index in [1.807, 2.05) is 0 Å².